The number of carbonyl (C=O) groups is 1. The summed E-state index contributed by atoms with van der Waals surface area (Å²) in [6, 6.07) is 6.46. The van der Waals surface area contributed by atoms with Crippen LogP contribution in [0.5, 0.6) is 5.75 Å². The lowest BCUT2D eigenvalue weighted by atomic mass is 10.00. The molecule has 0 bridgehead atoms. The third-order valence-corrected chi connectivity index (χ3v) is 4.79. The molecule has 0 amide bonds. The molecule has 0 saturated heterocycles. The number of fused-ring (bicyclic) bond motifs is 1. The molecule has 0 unspecified atom stereocenters. The number of carboxylic acids is 1. The molecule has 1 aromatic rings. The van der Waals surface area contributed by atoms with Crippen molar-refractivity contribution in [1.29, 1.82) is 0 Å². The van der Waals surface area contributed by atoms with Crippen LogP contribution < -0.4 is 4.74 Å². The van der Waals surface area contributed by atoms with Gasteiger partial charge < -0.3 is 9.84 Å². The van der Waals surface area contributed by atoms with Crippen LogP contribution in [0.3, 0.4) is 0 Å². The number of hydrogen-bond acceptors (Lipinski definition) is 2. The van der Waals surface area contributed by atoms with Crippen molar-refractivity contribution < 1.29 is 14.6 Å². The first-order valence-electron chi connectivity index (χ1n) is 10.1. The zero-order chi connectivity index (χ0) is 19.5. The van der Waals surface area contributed by atoms with Crippen molar-refractivity contribution in [3.8, 4) is 5.75 Å². The van der Waals surface area contributed by atoms with Crippen LogP contribution in [0.15, 0.2) is 47.6 Å². The first-order chi connectivity index (χ1) is 13.1. The first-order valence-corrected chi connectivity index (χ1v) is 10.1. The fourth-order valence-electron chi connectivity index (χ4n) is 3.26. The van der Waals surface area contributed by atoms with Crippen molar-refractivity contribution in [3.05, 3.63) is 58.7 Å². The Balaban J connectivity index is 1.89. The number of ether oxygens (including phenoxy) is 1. The fraction of sp³-hybridized carbons (Fsp3) is 0.458. The van der Waals surface area contributed by atoms with E-state index in [1.54, 1.807) is 6.92 Å². The maximum Gasteiger partial charge on any atom is 0.328 e. The van der Waals surface area contributed by atoms with Gasteiger partial charge in [-0.15, -0.1) is 0 Å². The zero-order valence-electron chi connectivity index (χ0n) is 16.7. The minimum atomic E-state index is -0.925. The van der Waals surface area contributed by atoms with Crippen molar-refractivity contribution in [1.82, 2.24) is 0 Å². The molecule has 3 heteroatoms. The van der Waals surface area contributed by atoms with Crippen molar-refractivity contribution in [2.45, 2.75) is 65.2 Å². The summed E-state index contributed by atoms with van der Waals surface area (Å²) in [7, 11) is 0. The second-order valence-corrected chi connectivity index (χ2v) is 7.31. The van der Waals surface area contributed by atoms with Crippen LogP contribution in [0, 0.1) is 0 Å². The molecule has 1 aliphatic rings. The molecule has 0 fully saturated rings. The van der Waals surface area contributed by atoms with Gasteiger partial charge in [-0.2, -0.15) is 0 Å². The average molecular weight is 369 g/mol. The number of aryl methyl sites for hydroxylation is 1. The van der Waals surface area contributed by atoms with Gasteiger partial charge in [-0.25, -0.2) is 4.79 Å². The van der Waals surface area contributed by atoms with Gasteiger partial charge in [0, 0.05) is 11.6 Å². The molecular weight excluding hydrogens is 336 g/mol. The number of aliphatic carboxylic acids is 1. The van der Waals surface area contributed by atoms with E-state index in [0.717, 1.165) is 23.3 Å². The van der Waals surface area contributed by atoms with E-state index in [1.807, 2.05) is 12.2 Å². The summed E-state index contributed by atoms with van der Waals surface area (Å²) < 4.78 is 5.83. The first kappa shape index (κ1) is 21.0. The van der Waals surface area contributed by atoms with E-state index in [2.05, 4.69) is 31.2 Å². The summed E-state index contributed by atoms with van der Waals surface area (Å²) in [5.74, 6) is -0.000333. The number of rotatable bonds is 11. The second-order valence-electron chi connectivity index (χ2n) is 7.31. The Morgan fingerprint density at radius 1 is 1.15 bits per heavy atom. The molecule has 0 aliphatic carbocycles. The Hall–Kier alpha value is -2.29. The van der Waals surface area contributed by atoms with Crippen molar-refractivity contribution >= 4 is 12.0 Å². The SMILES string of the molecule is CCCCCCCCCc1ccc2c(c1)C=C(C=CC(C)=CC(=O)O)CO2. The number of hydrogen-bond donors (Lipinski definition) is 1. The highest BCUT2D eigenvalue weighted by molar-refractivity contribution is 5.81. The molecule has 1 N–H and O–H groups in total. The van der Waals surface area contributed by atoms with Gasteiger partial charge in [0.2, 0.25) is 0 Å². The lowest BCUT2D eigenvalue weighted by Gasteiger charge is -2.17. The highest BCUT2D eigenvalue weighted by Crippen LogP contribution is 2.28. The van der Waals surface area contributed by atoms with Crippen molar-refractivity contribution in [3.63, 3.8) is 0 Å². The van der Waals surface area contributed by atoms with E-state index in [-0.39, 0.29) is 0 Å². The number of unbranched alkanes of at least 4 members (excludes halogenated alkanes) is 6. The number of carboxylic acid groups (broad SMARTS) is 1. The summed E-state index contributed by atoms with van der Waals surface area (Å²) in [6.07, 6.45) is 17.5. The van der Waals surface area contributed by atoms with Crippen molar-refractivity contribution in [2.24, 2.45) is 0 Å². The Kier molecular flexibility index (Phi) is 8.90. The quantitative estimate of drug-likeness (QED) is 0.281. The molecule has 1 aromatic carbocycles. The van der Waals surface area contributed by atoms with Gasteiger partial charge in [0.1, 0.15) is 12.4 Å². The standard InChI is InChI=1S/C24H32O3/c1-3-4-5-6-7-8-9-10-20-13-14-23-22(16-20)17-21(18-27-23)12-11-19(2)15-24(25)26/h11-17H,3-10,18H2,1-2H3,(H,25,26). The molecule has 0 atom stereocenters. The maximum absolute atomic E-state index is 10.7. The second kappa shape index (κ2) is 11.4. The molecule has 0 radical (unpaired) electrons. The largest absolute Gasteiger partial charge is 0.488 e. The minimum absolute atomic E-state index is 0.515. The third-order valence-electron chi connectivity index (χ3n) is 4.79. The lowest BCUT2D eigenvalue weighted by Crippen LogP contribution is -2.06. The maximum atomic E-state index is 10.7. The smallest absolute Gasteiger partial charge is 0.328 e. The molecule has 0 spiro atoms. The minimum Gasteiger partial charge on any atom is -0.488 e. The van der Waals surface area contributed by atoms with Gasteiger partial charge in [-0.05, 0) is 54.7 Å². The topological polar surface area (TPSA) is 46.5 Å². The zero-order valence-corrected chi connectivity index (χ0v) is 16.7. The molecule has 0 aromatic heterocycles. The fourth-order valence-corrected chi connectivity index (χ4v) is 3.26. The number of allylic oxidation sites excluding steroid dienone is 2. The number of benzene rings is 1. The summed E-state index contributed by atoms with van der Waals surface area (Å²) in [4.78, 5) is 10.7. The van der Waals surface area contributed by atoms with Crippen LogP contribution in [0.4, 0.5) is 0 Å². The van der Waals surface area contributed by atoms with Gasteiger partial charge in [0.15, 0.2) is 0 Å². The summed E-state index contributed by atoms with van der Waals surface area (Å²) in [6.45, 7) is 4.55. The third kappa shape index (κ3) is 7.86. The average Bonchev–Trinajstić information content (AvgIpc) is 2.65. The van der Waals surface area contributed by atoms with Crippen molar-refractivity contribution in [2.75, 3.05) is 6.61 Å². The molecule has 1 aliphatic heterocycles. The van der Waals surface area contributed by atoms with Crippen LogP contribution >= 0.6 is 0 Å². The Bertz CT molecular complexity index is 710. The van der Waals surface area contributed by atoms with Crippen LogP contribution in [0.25, 0.3) is 6.08 Å². The normalized spacial score (nSPS) is 14.0. The van der Waals surface area contributed by atoms with Crippen LogP contribution in [-0.2, 0) is 11.2 Å². The molecule has 146 valence electrons. The van der Waals surface area contributed by atoms with E-state index >= 15 is 0 Å². The van der Waals surface area contributed by atoms with E-state index in [0.29, 0.717) is 12.2 Å². The molecule has 0 saturated carbocycles. The molecule has 1 heterocycles. The monoisotopic (exact) mass is 368 g/mol. The molecule has 27 heavy (non-hydrogen) atoms. The van der Waals surface area contributed by atoms with Gasteiger partial charge >= 0.3 is 5.97 Å². The van der Waals surface area contributed by atoms with E-state index in [9.17, 15) is 4.79 Å². The summed E-state index contributed by atoms with van der Waals surface area (Å²) >= 11 is 0. The van der Waals surface area contributed by atoms with Crippen LogP contribution in [-0.4, -0.2) is 17.7 Å². The molecular formula is C24H32O3. The Morgan fingerprint density at radius 3 is 2.63 bits per heavy atom. The highest BCUT2D eigenvalue weighted by atomic mass is 16.5. The van der Waals surface area contributed by atoms with Gasteiger partial charge in [-0.3, -0.25) is 0 Å². The lowest BCUT2D eigenvalue weighted by molar-refractivity contribution is -0.131. The predicted octanol–water partition coefficient (Wildman–Crippen LogP) is 6.34. The van der Waals surface area contributed by atoms with Crippen LogP contribution in [0.2, 0.25) is 0 Å². The Morgan fingerprint density at radius 2 is 1.89 bits per heavy atom. The summed E-state index contributed by atoms with van der Waals surface area (Å²) in [5, 5.41) is 8.77. The molecule has 2 rings (SSSR count). The predicted molar refractivity (Wildman–Crippen MR) is 112 cm³/mol. The summed E-state index contributed by atoms with van der Waals surface area (Å²) in [5.41, 5.74) is 4.23. The van der Waals surface area contributed by atoms with Gasteiger partial charge in [0.05, 0.1) is 0 Å². The molecule has 3 nitrogen and oxygen atoms in total. The van der Waals surface area contributed by atoms with E-state index < -0.39 is 5.97 Å². The van der Waals surface area contributed by atoms with Gasteiger partial charge in [-0.1, -0.05) is 63.7 Å². The van der Waals surface area contributed by atoms with E-state index in [1.165, 1.54) is 56.6 Å². The van der Waals surface area contributed by atoms with Crippen LogP contribution in [0.1, 0.15) is 69.9 Å². The Labute approximate surface area is 163 Å². The van der Waals surface area contributed by atoms with Gasteiger partial charge in [0.25, 0.3) is 0 Å². The van der Waals surface area contributed by atoms with E-state index in [4.69, 9.17) is 9.84 Å². The highest BCUT2D eigenvalue weighted by Gasteiger charge is 2.10.